The zero-order valence-corrected chi connectivity index (χ0v) is 5.25. The lowest BCUT2D eigenvalue weighted by atomic mass is 10.1. The maximum absolute atomic E-state index is 8.48. The lowest BCUT2D eigenvalue weighted by Crippen LogP contribution is -2.26. The molecule has 1 N–H and O–H groups in total. The molecule has 0 spiro atoms. The van der Waals surface area contributed by atoms with Gasteiger partial charge in [-0.25, -0.2) is 0 Å². The summed E-state index contributed by atoms with van der Waals surface area (Å²) in [6.07, 6.45) is 1.76. The van der Waals surface area contributed by atoms with E-state index < -0.39 is 0 Å². The van der Waals surface area contributed by atoms with Crippen LogP contribution < -0.4 is 0 Å². The highest BCUT2D eigenvalue weighted by Gasteiger charge is 2.14. The van der Waals surface area contributed by atoms with Gasteiger partial charge < -0.3 is 14.4 Å². The summed E-state index contributed by atoms with van der Waals surface area (Å²) in [5.74, 6) is 0. The van der Waals surface area contributed by atoms with Gasteiger partial charge in [0.1, 0.15) is 0 Å². The van der Waals surface area contributed by atoms with Crippen LogP contribution in [0, 0.1) is 0 Å². The molecule has 1 aliphatic rings. The van der Waals surface area contributed by atoms with Crippen molar-refractivity contribution >= 4 is 7.69 Å². The molecule has 0 amide bonds. The molecule has 0 aromatic carbocycles. The normalized spacial score (nSPS) is 27.4. The standard InChI is InChI=1S/C5H10BO3/c7-3-1-5-2-4-8-6-9-5/h5,7H,1-4H2. The molecule has 1 heterocycles. The molecular formula is C5H10BO3. The Morgan fingerprint density at radius 1 is 1.67 bits per heavy atom. The summed E-state index contributed by atoms with van der Waals surface area (Å²) in [6.45, 7) is 0.906. The van der Waals surface area contributed by atoms with Crippen LogP contribution in [-0.2, 0) is 9.31 Å². The van der Waals surface area contributed by atoms with Crippen LogP contribution in [0.4, 0.5) is 0 Å². The fourth-order valence-electron chi connectivity index (χ4n) is 0.790. The molecule has 0 aliphatic carbocycles. The monoisotopic (exact) mass is 129 g/mol. The van der Waals surface area contributed by atoms with Crippen LogP contribution in [0.3, 0.4) is 0 Å². The minimum Gasteiger partial charge on any atom is -0.413 e. The molecule has 1 unspecified atom stereocenters. The molecule has 1 atom stereocenters. The molecule has 0 saturated carbocycles. The third-order valence-electron chi connectivity index (χ3n) is 1.32. The largest absolute Gasteiger partial charge is 0.488 e. The van der Waals surface area contributed by atoms with E-state index in [-0.39, 0.29) is 12.7 Å². The molecule has 0 bridgehead atoms. The first-order valence-corrected chi connectivity index (χ1v) is 3.13. The first-order chi connectivity index (χ1) is 4.43. The Balaban J connectivity index is 2.08. The van der Waals surface area contributed by atoms with Crippen molar-refractivity contribution in [3.8, 4) is 0 Å². The number of hydrogen-bond acceptors (Lipinski definition) is 3. The lowest BCUT2D eigenvalue weighted by molar-refractivity contribution is 0.0668. The van der Waals surface area contributed by atoms with E-state index in [1.165, 1.54) is 7.69 Å². The number of rotatable bonds is 2. The van der Waals surface area contributed by atoms with E-state index in [1.807, 2.05) is 0 Å². The molecular weight excluding hydrogens is 119 g/mol. The van der Waals surface area contributed by atoms with Gasteiger partial charge in [-0.15, -0.1) is 0 Å². The van der Waals surface area contributed by atoms with E-state index in [1.54, 1.807) is 0 Å². The van der Waals surface area contributed by atoms with Crippen LogP contribution in [0.25, 0.3) is 0 Å². The molecule has 0 aromatic heterocycles. The van der Waals surface area contributed by atoms with Crippen LogP contribution in [0.1, 0.15) is 12.8 Å². The fraction of sp³-hybridized carbons (Fsp3) is 1.00. The van der Waals surface area contributed by atoms with Gasteiger partial charge in [-0.05, 0) is 12.8 Å². The van der Waals surface area contributed by atoms with E-state index in [0.717, 1.165) is 6.42 Å². The van der Waals surface area contributed by atoms with Gasteiger partial charge >= 0.3 is 7.69 Å². The van der Waals surface area contributed by atoms with Gasteiger partial charge in [-0.1, -0.05) is 0 Å². The second-order valence-corrected chi connectivity index (χ2v) is 2.03. The predicted molar refractivity (Wildman–Crippen MR) is 32.9 cm³/mol. The Bertz CT molecular complexity index is 69.8. The second-order valence-electron chi connectivity index (χ2n) is 2.03. The summed E-state index contributed by atoms with van der Waals surface area (Å²) in [4.78, 5) is 0. The summed E-state index contributed by atoms with van der Waals surface area (Å²) in [7, 11) is 1.35. The number of hydrogen-bond donors (Lipinski definition) is 1. The zero-order valence-electron chi connectivity index (χ0n) is 5.25. The van der Waals surface area contributed by atoms with Crippen LogP contribution in [0.5, 0.6) is 0 Å². The van der Waals surface area contributed by atoms with Gasteiger partial charge in [0.05, 0.1) is 0 Å². The van der Waals surface area contributed by atoms with E-state index in [4.69, 9.17) is 14.4 Å². The third kappa shape index (κ3) is 2.34. The molecule has 9 heavy (non-hydrogen) atoms. The Labute approximate surface area is 55.3 Å². The number of aliphatic hydroxyl groups excluding tert-OH is 1. The Kier molecular flexibility index (Phi) is 3.04. The highest BCUT2D eigenvalue weighted by atomic mass is 16.6. The Hall–Kier alpha value is -0.0551. The molecule has 4 heteroatoms. The SMILES string of the molecule is OCCC1CCO[B]O1. The van der Waals surface area contributed by atoms with Gasteiger partial charge in [-0.2, -0.15) is 0 Å². The summed E-state index contributed by atoms with van der Waals surface area (Å²) >= 11 is 0. The predicted octanol–water partition coefficient (Wildman–Crippen LogP) is -0.292. The van der Waals surface area contributed by atoms with E-state index in [0.29, 0.717) is 13.0 Å². The highest BCUT2D eigenvalue weighted by molar-refractivity contribution is 6.18. The maximum Gasteiger partial charge on any atom is 0.488 e. The molecule has 1 aliphatic heterocycles. The zero-order chi connectivity index (χ0) is 6.53. The second kappa shape index (κ2) is 3.87. The van der Waals surface area contributed by atoms with Crippen LogP contribution in [0.2, 0.25) is 0 Å². The van der Waals surface area contributed by atoms with Crippen molar-refractivity contribution in [1.29, 1.82) is 0 Å². The molecule has 1 radical (unpaired) electrons. The van der Waals surface area contributed by atoms with E-state index in [2.05, 4.69) is 0 Å². The summed E-state index contributed by atoms with van der Waals surface area (Å²) < 4.78 is 9.83. The minimum absolute atomic E-state index is 0.170. The molecule has 51 valence electrons. The molecule has 1 rings (SSSR count). The summed E-state index contributed by atoms with van der Waals surface area (Å²) in [6, 6.07) is 0. The van der Waals surface area contributed by atoms with Crippen molar-refractivity contribution in [2.45, 2.75) is 18.9 Å². The van der Waals surface area contributed by atoms with Crippen molar-refractivity contribution in [2.75, 3.05) is 13.2 Å². The topological polar surface area (TPSA) is 38.7 Å². The van der Waals surface area contributed by atoms with Gasteiger partial charge in [0, 0.05) is 19.3 Å². The average molecular weight is 129 g/mol. The molecule has 0 aromatic rings. The minimum atomic E-state index is 0.170. The van der Waals surface area contributed by atoms with E-state index in [9.17, 15) is 0 Å². The third-order valence-corrected chi connectivity index (χ3v) is 1.32. The van der Waals surface area contributed by atoms with Crippen LogP contribution in [0.15, 0.2) is 0 Å². The van der Waals surface area contributed by atoms with Crippen molar-refractivity contribution in [3.05, 3.63) is 0 Å². The molecule has 1 fully saturated rings. The first-order valence-electron chi connectivity index (χ1n) is 3.13. The van der Waals surface area contributed by atoms with Gasteiger partial charge in [0.2, 0.25) is 0 Å². The Morgan fingerprint density at radius 2 is 2.56 bits per heavy atom. The van der Waals surface area contributed by atoms with Gasteiger partial charge in [0.25, 0.3) is 0 Å². The van der Waals surface area contributed by atoms with Crippen molar-refractivity contribution in [3.63, 3.8) is 0 Å². The van der Waals surface area contributed by atoms with Gasteiger partial charge in [-0.3, -0.25) is 0 Å². The quantitative estimate of drug-likeness (QED) is 0.520. The van der Waals surface area contributed by atoms with Gasteiger partial charge in [0.15, 0.2) is 0 Å². The highest BCUT2D eigenvalue weighted by Crippen LogP contribution is 2.06. The maximum atomic E-state index is 8.48. The lowest BCUT2D eigenvalue weighted by Gasteiger charge is -2.20. The average Bonchev–Trinajstić information content (AvgIpc) is 1.91. The van der Waals surface area contributed by atoms with Crippen LogP contribution in [-0.4, -0.2) is 32.1 Å². The first kappa shape index (κ1) is 7.06. The van der Waals surface area contributed by atoms with Crippen molar-refractivity contribution in [2.24, 2.45) is 0 Å². The van der Waals surface area contributed by atoms with Crippen LogP contribution >= 0.6 is 0 Å². The number of aliphatic hydroxyl groups is 1. The molecule has 1 saturated heterocycles. The smallest absolute Gasteiger partial charge is 0.413 e. The fourth-order valence-corrected chi connectivity index (χ4v) is 0.790. The van der Waals surface area contributed by atoms with E-state index >= 15 is 0 Å². The summed E-state index contributed by atoms with van der Waals surface area (Å²) in [5, 5.41) is 8.48. The van der Waals surface area contributed by atoms with Crippen molar-refractivity contribution < 1.29 is 14.4 Å². The van der Waals surface area contributed by atoms with Crippen molar-refractivity contribution in [1.82, 2.24) is 0 Å². The Morgan fingerprint density at radius 3 is 3.11 bits per heavy atom. The summed E-state index contributed by atoms with van der Waals surface area (Å²) in [5.41, 5.74) is 0. The molecule has 3 nitrogen and oxygen atoms in total.